The summed E-state index contributed by atoms with van der Waals surface area (Å²) in [5.74, 6) is -0.243. The van der Waals surface area contributed by atoms with Crippen molar-refractivity contribution in [2.75, 3.05) is 13.2 Å². The second-order valence-corrected chi connectivity index (χ2v) is 3.57. The maximum absolute atomic E-state index is 11.3. The van der Waals surface area contributed by atoms with Gasteiger partial charge in [0.1, 0.15) is 0 Å². The Kier molecular flexibility index (Phi) is 8.64. The molecule has 0 aromatic heterocycles. The molecule has 0 amide bonds. The molecule has 14 heavy (non-hydrogen) atoms. The lowest BCUT2D eigenvalue weighted by molar-refractivity contribution is -0.148. The summed E-state index contributed by atoms with van der Waals surface area (Å²) in [7, 11) is 0. The minimum atomic E-state index is -0.133. The number of unbranched alkanes of at least 4 members (excludes halogenated alkanes) is 3. The van der Waals surface area contributed by atoms with Crippen LogP contribution in [0.25, 0.3) is 0 Å². The Morgan fingerprint density at radius 2 is 2.00 bits per heavy atom. The van der Waals surface area contributed by atoms with Gasteiger partial charge in [0.15, 0.2) is 0 Å². The van der Waals surface area contributed by atoms with Crippen LogP contribution in [0.5, 0.6) is 0 Å². The summed E-state index contributed by atoms with van der Waals surface area (Å²) in [6.07, 6.45) is 5.30. The van der Waals surface area contributed by atoms with Gasteiger partial charge in [0.25, 0.3) is 0 Å². The number of nitrogens with two attached hydrogens (primary N) is 1. The van der Waals surface area contributed by atoms with Crippen LogP contribution in [0.4, 0.5) is 0 Å². The Labute approximate surface area is 87.0 Å². The van der Waals surface area contributed by atoms with Crippen LogP contribution in [0.2, 0.25) is 0 Å². The molecule has 0 radical (unpaired) electrons. The molecule has 1 atom stereocenters. The van der Waals surface area contributed by atoms with E-state index in [1.54, 1.807) is 0 Å². The molecule has 0 saturated carbocycles. The van der Waals surface area contributed by atoms with Gasteiger partial charge in [-0.2, -0.15) is 0 Å². The average molecular weight is 201 g/mol. The van der Waals surface area contributed by atoms with E-state index in [-0.39, 0.29) is 11.9 Å². The van der Waals surface area contributed by atoms with Crippen LogP contribution in [0.15, 0.2) is 0 Å². The molecular weight excluding hydrogens is 178 g/mol. The van der Waals surface area contributed by atoms with Crippen molar-refractivity contribution < 1.29 is 9.53 Å². The van der Waals surface area contributed by atoms with Crippen LogP contribution in [0.3, 0.4) is 0 Å². The third kappa shape index (κ3) is 5.97. The zero-order chi connectivity index (χ0) is 10.8. The first-order valence-corrected chi connectivity index (χ1v) is 5.62. The highest BCUT2D eigenvalue weighted by Gasteiger charge is 2.15. The van der Waals surface area contributed by atoms with E-state index in [2.05, 4.69) is 6.92 Å². The molecule has 0 aliphatic rings. The van der Waals surface area contributed by atoms with E-state index >= 15 is 0 Å². The van der Waals surface area contributed by atoms with Crippen LogP contribution in [0, 0.1) is 5.92 Å². The summed E-state index contributed by atoms with van der Waals surface area (Å²) in [6, 6.07) is 0. The van der Waals surface area contributed by atoms with Gasteiger partial charge in [-0.25, -0.2) is 0 Å². The molecule has 0 heterocycles. The number of hydrogen-bond donors (Lipinski definition) is 1. The van der Waals surface area contributed by atoms with Gasteiger partial charge in [-0.3, -0.25) is 4.79 Å². The predicted molar refractivity (Wildman–Crippen MR) is 57.9 cm³/mol. The van der Waals surface area contributed by atoms with Gasteiger partial charge < -0.3 is 10.5 Å². The second kappa shape index (κ2) is 9.00. The monoisotopic (exact) mass is 201 g/mol. The molecule has 0 aliphatic carbocycles. The van der Waals surface area contributed by atoms with Crippen LogP contribution < -0.4 is 5.73 Å². The molecule has 0 unspecified atom stereocenters. The van der Waals surface area contributed by atoms with Gasteiger partial charge in [-0.1, -0.05) is 33.1 Å². The molecule has 0 aromatic rings. The first-order valence-electron chi connectivity index (χ1n) is 5.62. The Morgan fingerprint density at radius 3 is 2.50 bits per heavy atom. The van der Waals surface area contributed by atoms with E-state index in [0.717, 1.165) is 19.3 Å². The standard InChI is InChI=1S/C11H23NO2/c1-3-5-6-7-8-14-11(13)10(4-2)9-12/h10H,3-9,12H2,1-2H3/t10-/m0/s1. The summed E-state index contributed by atoms with van der Waals surface area (Å²) in [6.45, 7) is 5.06. The van der Waals surface area contributed by atoms with E-state index < -0.39 is 0 Å². The molecule has 2 N–H and O–H groups in total. The first-order chi connectivity index (χ1) is 6.76. The maximum atomic E-state index is 11.3. The fourth-order valence-corrected chi connectivity index (χ4v) is 1.25. The van der Waals surface area contributed by atoms with Crippen molar-refractivity contribution >= 4 is 5.97 Å². The third-order valence-electron chi connectivity index (χ3n) is 2.35. The van der Waals surface area contributed by atoms with Crippen LogP contribution >= 0.6 is 0 Å². The predicted octanol–water partition coefficient (Wildman–Crippen LogP) is 2.09. The van der Waals surface area contributed by atoms with Crippen molar-refractivity contribution in [3.05, 3.63) is 0 Å². The molecule has 0 rings (SSSR count). The highest BCUT2D eigenvalue weighted by molar-refractivity contribution is 5.72. The van der Waals surface area contributed by atoms with E-state index in [1.807, 2.05) is 6.92 Å². The number of rotatable bonds is 8. The Morgan fingerprint density at radius 1 is 1.29 bits per heavy atom. The maximum Gasteiger partial charge on any atom is 0.310 e. The smallest absolute Gasteiger partial charge is 0.310 e. The van der Waals surface area contributed by atoms with E-state index in [9.17, 15) is 4.79 Å². The van der Waals surface area contributed by atoms with Crippen molar-refractivity contribution in [3.8, 4) is 0 Å². The normalized spacial score (nSPS) is 12.5. The lowest BCUT2D eigenvalue weighted by atomic mass is 10.1. The van der Waals surface area contributed by atoms with Crippen molar-refractivity contribution in [2.24, 2.45) is 11.7 Å². The Bertz CT molecular complexity index is 144. The van der Waals surface area contributed by atoms with E-state index in [4.69, 9.17) is 10.5 Å². The fourth-order valence-electron chi connectivity index (χ4n) is 1.25. The average Bonchev–Trinajstić information content (AvgIpc) is 2.19. The summed E-state index contributed by atoms with van der Waals surface area (Å²) < 4.78 is 5.11. The molecule has 3 nitrogen and oxygen atoms in total. The van der Waals surface area contributed by atoms with Gasteiger partial charge in [0.2, 0.25) is 0 Å². The first kappa shape index (κ1) is 13.4. The molecule has 84 valence electrons. The van der Waals surface area contributed by atoms with E-state index in [1.165, 1.54) is 12.8 Å². The minimum Gasteiger partial charge on any atom is -0.465 e. The quantitative estimate of drug-likeness (QED) is 0.483. The zero-order valence-electron chi connectivity index (χ0n) is 9.42. The summed E-state index contributed by atoms with van der Waals surface area (Å²) >= 11 is 0. The highest BCUT2D eigenvalue weighted by atomic mass is 16.5. The number of ether oxygens (including phenoxy) is 1. The zero-order valence-corrected chi connectivity index (χ0v) is 9.42. The SMILES string of the molecule is CCCCCCOC(=O)[C@@H](CC)CN. The minimum absolute atomic E-state index is 0.110. The summed E-state index contributed by atoms with van der Waals surface area (Å²) in [5, 5.41) is 0. The van der Waals surface area contributed by atoms with Gasteiger partial charge in [0.05, 0.1) is 12.5 Å². The third-order valence-corrected chi connectivity index (χ3v) is 2.35. The van der Waals surface area contributed by atoms with Crippen molar-refractivity contribution in [1.29, 1.82) is 0 Å². The molecular formula is C11H23NO2. The second-order valence-electron chi connectivity index (χ2n) is 3.57. The molecule has 0 saturated heterocycles. The van der Waals surface area contributed by atoms with Crippen LogP contribution in [-0.2, 0) is 9.53 Å². The van der Waals surface area contributed by atoms with Crippen molar-refractivity contribution in [2.45, 2.75) is 46.0 Å². The molecule has 0 aliphatic heterocycles. The number of hydrogen-bond acceptors (Lipinski definition) is 3. The number of carbonyl (C=O) groups excluding carboxylic acids is 1. The van der Waals surface area contributed by atoms with Crippen molar-refractivity contribution in [1.82, 2.24) is 0 Å². The molecule has 0 fully saturated rings. The molecule has 3 heteroatoms. The summed E-state index contributed by atoms with van der Waals surface area (Å²) in [5.41, 5.74) is 5.44. The number of carbonyl (C=O) groups is 1. The van der Waals surface area contributed by atoms with Gasteiger partial charge in [-0.05, 0) is 12.8 Å². The largest absolute Gasteiger partial charge is 0.465 e. The molecule has 0 bridgehead atoms. The lowest BCUT2D eigenvalue weighted by Crippen LogP contribution is -2.25. The summed E-state index contributed by atoms with van der Waals surface area (Å²) in [4.78, 5) is 11.3. The topological polar surface area (TPSA) is 52.3 Å². The Balaban J connectivity index is 3.43. The number of esters is 1. The van der Waals surface area contributed by atoms with Crippen LogP contribution in [0.1, 0.15) is 46.0 Å². The Hall–Kier alpha value is -0.570. The van der Waals surface area contributed by atoms with Crippen LogP contribution in [-0.4, -0.2) is 19.1 Å². The fraction of sp³-hybridized carbons (Fsp3) is 0.909. The van der Waals surface area contributed by atoms with E-state index in [0.29, 0.717) is 13.2 Å². The highest BCUT2D eigenvalue weighted by Crippen LogP contribution is 2.05. The lowest BCUT2D eigenvalue weighted by Gasteiger charge is -2.11. The molecule has 0 spiro atoms. The van der Waals surface area contributed by atoms with Crippen molar-refractivity contribution in [3.63, 3.8) is 0 Å². The van der Waals surface area contributed by atoms with Gasteiger partial charge in [-0.15, -0.1) is 0 Å². The molecule has 0 aromatic carbocycles. The van der Waals surface area contributed by atoms with Gasteiger partial charge in [0, 0.05) is 6.54 Å². The van der Waals surface area contributed by atoms with Gasteiger partial charge >= 0.3 is 5.97 Å².